The molecule has 0 radical (unpaired) electrons. The van der Waals surface area contributed by atoms with Gasteiger partial charge in [0.05, 0.1) is 10.2 Å². The summed E-state index contributed by atoms with van der Waals surface area (Å²) in [5.74, 6) is 1.35. The van der Waals surface area contributed by atoms with Crippen LogP contribution >= 0.6 is 36.2 Å². The van der Waals surface area contributed by atoms with Gasteiger partial charge in [-0.05, 0) is 43.1 Å². The van der Waals surface area contributed by atoms with Crippen LogP contribution < -0.4 is 5.73 Å². The molecule has 4 rings (SSSR count). The van der Waals surface area contributed by atoms with Crippen LogP contribution in [0.2, 0.25) is 0 Å². The first-order valence-electron chi connectivity index (χ1n) is 7.69. The Labute approximate surface area is 162 Å². The van der Waals surface area contributed by atoms with Crippen molar-refractivity contribution < 1.29 is 9.21 Å². The summed E-state index contributed by atoms with van der Waals surface area (Å²) in [5, 5.41) is 0.798. The Hall–Kier alpha value is -1.60. The summed E-state index contributed by atoms with van der Waals surface area (Å²) < 4.78 is 6.88. The van der Waals surface area contributed by atoms with Gasteiger partial charge in [-0.15, -0.1) is 36.2 Å². The molecule has 1 atom stereocenters. The number of hydrogen-bond donors (Lipinski definition) is 1. The van der Waals surface area contributed by atoms with E-state index in [-0.39, 0.29) is 30.7 Å². The first-order valence-corrected chi connectivity index (χ1v) is 8.51. The van der Waals surface area contributed by atoms with Gasteiger partial charge in [0, 0.05) is 13.1 Å². The lowest BCUT2D eigenvalue weighted by Gasteiger charge is -2.14. The first-order chi connectivity index (χ1) is 11.2. The quantitative estimate of drug-likeness (QED) is 0.726. The third kappa shape index (κ3) is 3.82. The van der Waals surface area contributed by atoms with Crippen LogP contribution in [-0.4, -0.2) is 35.4 Å². The van der Waals surface area contributed by atoms with Gasteiger partial charge in [0.15, 0.2) is 16.5 Å². The number of hydrogen-bond acceptors (Lipinski definition) is 5. The molecule has 2 N–H and O–H groups in total. The van der Waals surface area contributed by atoms with Crippen molar-refractivity contribution in [3.8, 4) is 10.8 Å². The summed E-state index contributed by atoms with van der Waals surface area (Å²) in [5.41, 5.74) is 6.63. The average molecular weight is 400 g/mol. The van der Waals surface area contributed by atoms with E-state index in [0.29, 0.717) is 30.5 Å². The molecule has 134 valence electrons. The second kappa shape index (κ2) is 8.19. The topological polar surface area (TPSA) is 72.4 Å². The molecule has 8 heteroatoms. The number of carbonyl (C=O) groups is 1. The van der Waals surface area contributed by atoms with E-state index in [1.807, 2.05) is 35.2 Å². The molecule has 2 aromatic heterocycles. The van der Waals surface area contributed by atoms with Crippen molar-refractivity contribution >= 4 is 52.3 Å². The Bertz CT molecular complexity index is 831. The van der Waals surface area contributed by atoms with Gasteiger partial charge in [-0.2, -0.15) is 0 Å². The maximum Gasteiger partial charge on any atom is 0.289 e. The van der Waals surface area contributed by atoms with E-state index in [0.717, 1.165) is 28.2 Å². The number of furan rings is 1. The number of thiazole rings is 1. The third-order valence-corrected chi connectivity index (χ3v) is 5.28. The lowest BCUT2D eigenvalue weighted by Crippen LogP contribution is -2.29. The minimum Gasteiger partial charge on any atom is -0.448 e. The standard InChI is InChI=1S/C17H17N3O2S.2ClH/c18-9-11-7-8-20(10-11)17(21)14-6-5-13(22-14)16-19-12-3-1-2-4-15(12)23-16;;/h1-6,11H,7-10,18H2;2*1H. The number of aromatic nitrogens is 1. The van der Waals surface area contributed by atoms with Crippen LogP contribution in [0.3, 0.4) is 0 Å². The molecule has 0 bridgehead atoms. The highest BCUT2D eigenvalue weighted by Crippen LogP contribution is 2.31. The molecule has 1 aromatic carbocycles. The number of para-hydroxylation sites is 1. The minimum absolute atomic E-state index is 0. The van der Waals surface area contributed by atoms with Crippen LogP contribution in [0, 0.1) is 5.92 Å². The summed E-state index contributed by atoms with van der Waals surface area (Å²) in [6, 6.07) is 11.5. The van der Waals surface area contributed by atoms with Crippen molar-refractivity contribution in [2.75, 3.05) is 19.6 Å². The van der Waals surface area contributed by atoms with Crippen LogP contribution in [0.5, 0.6) is 0 Å². The van der Waals surface area contributed by atoms with Gasteiger partial charge in [0.1, 0.15) is 0 Å². The van der Waals surface area contributed by atoms with Gasteiger partial charge in [0.25, 0.3) is 5.91 Å². The van der Waals surface area contributed by atoms with E-state index in [1.54, 1.807) is 17.4 Å². The molecule has 1 aliphatic heterocycles. The van der Waals surface area contributed by atoms with Crippen molar-refractivity contribution in [3.05, 3.63) is 42.2 Å². The number of benzene rings is 1. The zero-order valence-electron chi connectivity index (χ0n) is 13.4. The van der Waals surface area contributed by atoms with Crippen molar-refractivity contribution in [2.24, 2.45) is 11.7 Å². The molecule has 25 heavy (non-hydrogen) atoms. The molecule has 1 amide bonds. The summed E-state index contributed by atoms with van der Waals surface area (Å²) in [6.07, 6.45) is 0.966. The molecule has 5 nitrogen and oxygen atoms in total. The molecule has 1 saturated heterocycles. The highest BCUT2D eigenvalue weighted by Gasteiger charge is 2.28. The molecule has 3 heterocycles. The number of halogens is 2. The Morgan fingerprint density at radius 3 is 2.80 bits per heavy atom. The Morgan fingerprint density at radius 2 is 2.08 bits per heavy atom. The summed E-state index contributed by atoms with van der Waals surface area (Å²) >= 11 is 1.57. The average Bonchev–Trinajstić information content (AvgIpc) is 3.31. The molecule has 3 aromatic rings. The largest absolute Gasteiger partial charge is 0.448 e. The molecule has 0 aliphatic carbocycles. The van der Waals surface area contributed by atoms with Gasteiger partial charge in [-0.25, -0.2) is 4.98 Å². The van der Waals surface area contributed by atoms with Crippen molar-refractivity contribution in [1.82, 2.24) is 9.88 Å². The molecular formula is C17H19Cl2N3O2S. The number of fused-ring (bicyclic) bond motifs is 1. The van der Waals surface area contributed by atoms with Gasteiger partial charge >= 0.3 is 0 Å². The van der Waals surface area contributed by atoms with Crippen molar-refractivity contribution in [1.29, 1.82) is 0 Å². The molecule has 0 spiro atoms. The number of carbonyl (C=O) groups excluding carboxylic acids is 1. The maximum atomic E-state index is 12.5. The van der Waals surface area contributed by atoms with Crippen molar-refractivity contribution in [2.45, 2.75) is 6.42 Å². The zero-order valence-corrected chi connectivity index (χ0v) is 15.8. The summed E-state index contributed by atoms with van der Waals surface area (Å²) in [4.78, 5) is 18.9. The lowest BCUT2D eigenvalue weighted by atomic mass is 10.1. The fourth-order valence-electron chi connectivity index (χ4n) is 2.91. The summed E-state index contributed by atoms with van der Waals surface area (Å²) in [6.45, 7) is 2.09. The highest BCUT2D eigenvalue weighted by atomic mass is 35.5. The number of rotatable bonds is 3. The molecule has 0 saturated carbocycles. The van der Waals surface area contributed by atoms with Gasteiger partial charge in [-0.3, -0.25) is 4.79 Å². The van der Waals surface area contributed by atoms with Crippen LogP contribution in [0.25, 0.3) is 21.0 Å². The van der Waals surface area contributed by atoms with E-state index >= 15 is 0 Å². The van der Waals surface area contributed by atoms with E-state index in [2.05, 4.69) is 4.98 Å². The zero-order chi connectivity index (χ0) is 15.8. The molecule has 1 aliphatic rings. The number of nitrogens with two attached hydrogens (primary N) is 1. The minimum atomic E-state index is -0.0617. The fourth-order valence-corrected chi connectivity index (χ4v) is 3.84. The number of amides is 1. The van der Waals surface area contributed by atoms with E-state index in [4.69, 9.17) is 10.2 Å². The summed E-state index contributed by atoms with van der Waals surface area (Å²) in [7, 11) is 0. The third-order valence-electron chi connectivity index (χ3n) is 4.23. The predicted molar refractivity (Wildman–Crippen MR) is 105 cm³/mol. The Morgan fingerprint density at radius 1 is 1.28 bits per heavy atom. The van der Waals surface area contributed by atoms with Gasteiger partial charge in [0.2, 0.25) is 0 Å². The van der Waals surface area contributed by atoms with Crippen molar-refractivity contribution in [3.63, 3.8) is 0 Å². The Kier molecular flexibility index (Phi) is 6.46. The second-order valence-corrected chi connectivity index (χ2v) is 6.82. The van der Waals surface area contributed by atoms with Crippen LogP contribution in [0.4, 0.5) is 0 Å². The van der Waals surface area contributed by atoms with E-state index in [9.17, 15) is 4.79 Å². The second-order valence-electron chi connectivity index (χ2n) is 5.79. The number of likely N-dealkylation sites (tertiary alicyclic amines) is 1. The van der Waals surface area contributed by atoms with Crippen LogP contribution in [0.15, 0.2) is 40.8 Å². The van der Waals surface area contributed by atoms with Gasteiger partial charge < -0.3 is 15.1 Å². The van der Waals surface area contributed by atoms with Crippen LogP contribution in [0.1, 0.15) is 17.0 Å². The maximum absolute atomic E-state index is 12.5. The smallest absolute Gasteiger partial charge is 0.289 e. The molecule has 1 unspecified atom stereocenters. The monoisotopic (exact) mass is 399 g/mol. The van der Waals surface area contributed by atoms with E-state index in [1.165, 1.54) is 0 Å². The van der Waals surface area contributed by atoms with Crippen LogP contribution in [-0.2, 0) is 0 Å². The lowest BCUT2D eigenvalue weighted by molar-refractivity contribution is 0.0757. The fraction of sp³-hybridized carbons (Fsp3) is 0.294. The SMILES string of the molecule is Cl.Cl.NCC1CCN(C(=O)c2ccc(-c3nc4ccccc4s3)o2)C1. The number of nitrogens with zero attached hydrogens (tertiary/aromatic N) is 2. The highest BCUT2D eigenvalue weighted by molar-refractivity contribution is 7.21. The van der Waals surface area contributed by atoms with Gasteiger partial charge in [-0.1, -0.05) is 12.1 Å². The van der Waals surface area contributed by atoms with E-state index < -0.39 is 0 Å². The first kappa shape index (κ1) is 19.7. The predicted octanol–water partition coefficient (Wildman–Crippen LogP) is 3.82. The normalized spacial score (nSPS) is 16.5. The molecular weight excluding hydrogens is 381 g/mol. The molecule has 1 fully saturated rings. The Balaban J connectivity index is 0.00000113.